The van der Waals surface area contributed by atoms with Gasteiger partial charge < -0.3 is 19.9 Å². The lowest BCUT2D eigenvalue weighted by molar-refractivity contribution is -0.169. The zero-order valence-corrected chi connectivity index (χ0v) is 15.0. The van der Waals surface area contributed by atoms with Crippen molar-refractivity contribution in [3.05, 3.63) is 34.7 Å². The minimum absolute atomic E-state index is 0.0211. The minimum Gasteiger partial charge on any atom is -0.378 e. The first-order valence-electron chi connectivity index (χ1n) is 9.47. The number of carbonyl (C=O) groups is 1. The van der Waals surface area contributed by atoms with E-state index in [0.717, 1.165) is 38.7 Å². The third-order valence-electron chi connectivity index (χ3n) is 5.75. The Bertz CT molecular complexity index is 639. The van der Waals surface area contributed by atoms with Gasteiger partial charge in [0.15, 0.2) is 0 Å². The molecule has 2 saturated carbocycles. The molecule has 0 bridgehead atoms. The van der Waals surface area contributed by atoms with Crippen molar-refractivity contribution >= 4 is 6.03 Å². The molecule has 0 aliphatic heterocycles. The number of pyridine rings is 1. The largest absolute Gasteiger partial charge is 0.378 e. The molecule has 2 fully saturated rings. The van der Waals surface area contributed by atoms with Crippen molar-refractivity contribution in [1.29, 1.82) is 0 Å². The number of amides is 2. The van der Waals surface area contributed by atoms with Gasteiger partial charge in [-0.25, -0.2) is 4.79 Å². The van der Waals surface area contributed by atoms with Gasteiger partial charge in [-0.3, -0.25) is 4.79 Å². The molecular weight excluding hydrogens is 318 g/mol. The number of hydrogen-bond donors (Lipinski definition) is 2. The van der Waals surface area contributed by atoms with Crippen LogP contribution in [0.1, 0.15) is 45.4 Å². The Morgan fingerprint density at radius 1 is 1.36 bits per heavy atom. The molecule has 0 saturated heterocycles. The van der Waals surface area contributed by atoms with Gasteiger partial charge in [-0.05, 0) is 45.1 Å². The second-order valence-corrected chi connectivity index (χ2v) is 7.16. The summed E-state index contributed by atoms with van der Waals surface area (Å²) in [6, 6.07) is 5.34. The van der Waals surface area contributed by atoms with E-state index in [0.29, 0.717) is 19.2 Å². The first-order valence-corrected chi connectivity index (χ1v) is 9.47. The number of carbonyl (C=O) groups excluding carboxylic acids is 1. The Balaban J connectivity index is 1.32. The Labute approximate surface area is 148 Å². The lowest BCUT2D eigenvalue weighted by atomic mass is 9.51. The minimum atomic E-state index is -0.0805. The highest BCUT2D eigenvalue weighted by Gasteiger charge is 2.59. The van der Waals surface area contributed by atoms with Crippen LogP contribution in [0.15, 0.2) is 29.2 Å². The zero-order valence-electron chi connectivity index (χ0n) is 15.0. The van der Waals surface area contributed by atoms with Crippen molar-refractivity contribution in [2.24, 2.45) is 5.41 Å². The van der Waals surface area contributed by atoms with Gasteiger partial charge in [0.1, 0.15) is 0 Å². The monoisotopic (exact) mass is 347 g/mol. The Morgan fingerprint density at radius 3 is 2.88 bits per heavy atom. The smallest absolute Gasteiger partial charge is 0.315 e. The number of rotatable bonds is 8. The number of aromatic nitrogens is 1. The van der Waals surface area contributed by atoms with Gasteiger partial charge in [-0.2, -0.15) is 0 Å². The number of hydrogen-bond acceptors (Lipinski definition) is 3. The van der Waals surface area contributed by atoms with Crippen molar-refractivity contribution in [3.63, 3.8) is 0 Å². The lowest BCUT2D eigenvalue weighted by Crippen LogP contribution is -2.68. The molecule has 2 amide bonds. The molecule has 6 heteroatoms. The summed E-state index contributed by atoms with van der Waals surface area (Å²) in [5, 5.41) is 6.07. The fourth-order valence-corrected chi connectivity index (χ4v) is 4.10. The average molecular weight is 347 g/mol. The Morgan fingerprint density at radius 2 is 2.20 bits per heavy atom. The molecule has 2 N–H and O–H groups in total. The van der Waals surface area contributed by atoms with Crippen LogP contribution in [0.3, 0.4) is 0 Å². The van der Waals surface area contributed by atoms with Crippen molar-refractivity contribution in [2.75, 3.05) is 13.2 Å². The van der Waals surface area contributed by atoms with E-state index in [-0.39, 0.29) is 23.0 Å². The highest BCUT2D eigenvalue weighted by Crippen LogP contribution is 2.57. The molecule has 1 aromatic rings. The average Bonchev–Trinajstić information content (AvgIpc) is 2.53. The van der Waals surface area contributed by atoms with Crippen LogP contribution < -0.4 is 16.2 Å². The number of unbranched alkanes of at least 4 members (excludes halogenated alkanes) is 1. The van der Waals surface area contributed by atoms with Gasteiger partial charge in [0.25, 0.3) is 0 Å². The molecular formula is C19H29N3O3. The summed E-state index contributed by atoms with van der Waals surface area (Å²) in [7, 11) is 0. The summed E-state index contributed by atoms with van der Waals surface area (Å²) in [6.07, 6.45) is 8.33. The van der Waals surface area contributed by atoms with Gasteiger partial charge in [0, 0.05) is 43.4 Å². The van der Waals surface area contributed by atoms with Gasteiger partial charge in [0.2, 0.25) is 5.56 Å². The second kappa shape index (κ2) is 8.04. The summed E-state index contributed by atoms with van der Waals surface area (Å²) in [6.45, 7) is 4.09. The normalized spacial score (nSPS) is 23.6. The first kappa shape index (κ1) is 18.0. The summed E-state index contributed by atoms with van der Waals surface area (Å²) >= 11 is 0. The molecule has 25 heavy (non-hydrogen) atoms. The van der Waals surface area contributed by atoms with Gasteiger partial charge in [-0.1, -0.05) is 12.5 Å². The quantitative estimate of drug-likeness (QED) is 0.709. The maximum absolute atomic E-state index is 12.1. The molecule has 2 atom stereocenters. The van der Waals surface area contributed by atoms with Crippen LogP contribution in [-0.2, 0) is 11.3 Å². The molecule has 0 radical (unpaired) electrons. The number of nitrogens with zero attached hydrogens (tertiary/aromatic N) is 1. The molecule has 138 valence electrons. The number of ether oxygens (including phenoxy) is 1. The number of urea groups is 1. The third kappa shape index (κ3) is 3.89. The number of nitrogens with one attached hydrogen (secondary N) is 2. The fraction of sp³-hybridized carbons (Fsp3) is 0.684. The van der Waals surface area contributed by atoms with Crippen LogP contribution in [-0.4, -0.2) is 35.9 Å². The van der Waals surface area contributed by atoms with E-state index in [4.69, 9.17) is 4.74 Å². The lowest BCUT2D eigenvalue weighted by Gasteiger charge is -2.60. The molecule has 2 aliphatic carbocycles. The molecule has 0 unspecified atom stereocenters. The van der Waals surface area contributed by atoms with Crippen LogP contribution in [0.2, 0.25) is 0 Å². The number of aryl methyl sites for hydroxylation is 1. The molecule has 6 nitrogen and oxygen atoms in total. The highest BCUT2D eigenvalue weighted by atomic mass is 16.5. The molecule has 3 rings (SSSR count). The van der Waals surface area contributed by atoms with E-state index >= 15 is 0 Å². The fourth-order valence-electron chi connectivity index (χ4n) is 4.10. The van der Waals surface area contributed by atoms with Crippen LogP contribution in [0.25, 0.3) is 0 Å². The van der Waals surface area contributed by atoms with Gasteiger partial charge >= 0.3 is 6.03 Å². The van der Waals surface area contributed by atoms with E-state index in [1.54, 1.807) is 22.9 Å². The second-order valence-electron chi connectivity index (χ2n) is 7.16. The Kier molecular flexibility index (Phi) is 5.78. The van der Waals surface area contributed by atoms with Crippen LogP contribution in [0, 0.1) is 5.41 Å². The van der Waals surface area contributed by atoms with E-state index in [2.05, 4.69) is 10.6 Å². The topological polar surface area (TPSA) is 72.4 Å². The zero-order chi connectivity index (χ0) is 17.7. The van der Waals surface area contributed by atoms with Crippen LogP contribution >= 0.6 is 0 Å². The summed E-state index contributed by atoms with van der Waals surface area (Å²) in [4.78, 5) is 23.7. The van der Waals surface area contributed by atoms with Crippen molar-refractivity contribution in [2.45, 2.75) is 64.1 Å². The van der Waals surface area contributed by atoms with Crippen molar-refractivity contribution < 1.29 is 9.53 Å². The predicted molar refractivity (Wildman–Crippen MR) is 96.6 cm³/mol. The van der Waals surface area contributed by atoms with Gasteiger partial charge in [0.05, 0.1) is 6.10 Å². The van der Waals surface area contributed by atoms with E-state index in [1.165, 1.54) is 6.42 Å². The third-order valence-corrected chi connectivity index (χ3v) is 5.75. The van der Waals surface area contributed by atoms with Crippen LogP contribution in [0.5, 0.6) is 0 Å². The Hall–Kier alpha value is -1.82. The summed E-state index contributed by atoms with van der Waals surface area (Å²) < 4.78 is 7.51. The SMILES string of the molecule is CCO[C@@H]1C[C@H](NC(=O)NCCCCn2ccccc2=O)C12CCC2. The first-order chi connectivity index (χ1) is 12.2. The van der Waals surface area contributed by atoms with Crippen molar-refractivity contribution in [1.82, 2.24) is 15.2 Å². The highest BCUT2D eigenvalue weighted by molar-refractivity contribution is 5.74. The van der Waals surface area contributed by atoms with E-state index in [1.807, 2.05) is 13.0 Å². The molecule has 2 aliphatic rings. The maximum atomic E-state index is 12.1. The van der Waals surface area contributed by atoms with E-state index in [9.17, 15) is 9.59 Å². The summed E-state index contributed by atoms with van der Waals surface area (Å²) in [5.74, 6) is 0. The van der Waals surface area contributed by atoms with E-state index < -0.39 is 0 Å². The molecule has 1 aromatic heterocycles. The molecule has 1 heterocycles. The van der Waals surface area contributed by atoms with Crippen molar-refractivity contribution in [3.8, 4) is 0 Å². The predicted octanol–water partition coefficient (Wildman–Crippen LogP) is 2.28. The summed E-state index contributed by atoms with van der Waals surface area (Å²) in [5.41, 5.74) is 0.217. The van der Waals surface area contributed by atoms with Crippen LogP contribution in [0.4, 0.5) is 4.79 Å². The standard InChI is InChI=1S/C19H29N3O3/c1-2-25-16-14-15(19(16)9-7-10-19)21-18(24)20-11-4-6-13-22-12-5-3-8-17(22)23/h3,5,8,12,15-16H,2,4,6-7,9-11,13-14H2,1H3,(H2,20,21,24)/t15-,16+/m0/s1. The molecule has 0 aromatic carbocycles. The maximum Gasteiger partial charge on any atom is 0.315 e. The molecule has 1 spiro atoms. The van der Waals surface area contributed by atoms with Gasteiger partial charge in [-0.15, -0.1) is 0 Å².